The van der Waals surface area contributed by atoms with Gasteiger partial charge in [0.25, 0.3) is 0 Å². The Morgan fingerprint density at radius 1 is 0.944 bits per heavy atom. The van der Waals surface area contributed by atoms with Crippen LogP contribution >= 0.6 is 0 Å². The Hall–Kier alpha value is -2.91. The molecule has 2 aromatic carbocycles. The Balaban J connectivity index is 2.64. The van der Waals surface area contributed by atoms with E-state index in [-0.39, 0.29) is 0 Å². The fourth-order valence-corrected chi connectivity index (χ4v) is 2.16. The third-order valence-electron chi connectivity index (χ3n) is 2.99. The van der Waals surface area contributed by atoms with E-state index < -0.39 is 0 Å². The molecule has 0 amide bonds. The lowest BCUT2D eigenvalue weighted by Crippen LogP contribution is -1.91. The third-order valence-corrected chi connectivity index (χ3v) is 2.99. The molecule has 82 valence electrons. The van der Waals surface area contributed by atoms with Crippen LogP contribution in [0.15, 0.2) is 42.6 Å². The SMILES string of the molecule is N#Cc1cnc2ccc3ccccc3c2c1C#N. The largest absolute Gasteiger partial charge is 0.255 e. The number of rotatable bonds is 0. The van der Waals surface area contributed by atoms with Crippen molar-refractivity contribution in [3.8, 4) is 12.1 Å². The second-order valence-corrected chi connectivity index (χ2v) is 3.95. The van der Waals surface area contributed by atoms with Gasteiger partial charge >= 0.3 is 0 Å². The molecule has 0 saturated heterocycles. The highest BCUT2D eigenvalue weighted by Crippen LogP contribution is 2.28. The van der Waals surface area contributed by atoms with Crippen LogP contribution < -0.4 is 0 Å². The first-order valence-corrected chi connectivity index (χ1v) is 5.46. The molecule has 0 atom stereocenters. The second-order valence-electron chi connectivity index (χ2n) is 3.95. The van der Waals surface area contributed by atoms with Gasteiger partial charge in [0.2, 0.25) is 0 Å². The van der Waals surface area contributed by atoms with Gasteiger partial charge in [-0.1, -0.05) is 30.3 Å². The summed E-state index contributed by atoms with van der Waals surface area (Å²) >= 11 is 0. The quantitative estimate of drug-likeness (QED) is 0.556. The predicted octanol–water partition coefficient (Wildman–Crippen LogP) is 3.13. The van der Waals surface area contributed by atoms with Gasteiger partial charge in [0.15, 0.2) is 0 Å². The third kappa shape index (κ3) is 1.32. The summed E-state index contributed by atoms with van der Waals surface area (Å²) in [6, 6.07) is 15.8. The fourth-order valence-electron chi connectivity index (χ4n) is 2.16. The van der Waals surface area contributed by atoms with Crippen molar-refractivity contribution in [2.75, 3.05) is 0 Å². The molecule has 1 aromatic heterocycles. The molecule has 0 radical (unpaired) electrons. The van der Waals surface area contributed by atoms with Crippen LogP contribution in [0.25, 0.3) is 21.7 Å². The van der Waals surface area contributed by atoms with Crippen LogP contribution in [0.2, 0.25) is 0 Å². The summed E-state index contributed by atoms with van der Waals surface area (Å²) in [4.78, 5) is 4.24. The lowest BCUT2D eigenvalue weighted by atomic mass is 9.99. The van der Waals surface area contributed by atoms with Crippen molar-refractivity contribution in [3.05, 3.63) is 53.7 Å². The minimum absolute atomic E-state index is 0.321. The van der Waals surface area contributed by atoms with Crippen LogP contribution in [0.5, 0.6) is 0 Å². The van der Waals surface area contributed by atoms with Crippen LogP contribution in [0.4, 0.5) is 0 Å². The van der Waals surface area contributed by atoms with Gasteiger partial charge in [0, 0.05) is 11.6 Å². The normalized spacial score (nSPS) is 10.1. The number of hydrogen-bond acceptors (Lipinski definition) is 3. The van der Waals surface area contributed by atoms with Gasteiger partial charge in [-0.25, -0.2) is 0 Å². The van der Waals surface area contributed by atoms with Crippen molar-refractivity contribution in [1.29, 1.82) is 10.5 Å². The molecule has 3 aromatic rings. The highest BCUT2D eigenvalue weighted by Gasteiger charge is 2.10. The molecule has 0 N–H and O–H groups in total. The van der Waals surface area contributed by atoms with E-state index in [2.05, 4.69) is 11.1 Å². The summed E-state index contributed by atoms with van der Waals surface area (Å²) in [7, 11) is 0. The van der Waals surface area contributed by atoms with Crippen LogP contribution in [0.1, 0.15) is 11.1 Å². The van der Waals surface area contributed by atoms with Gasteiger partial charge in [-0.15, -0.1) is 0 Å². The number of fused-ring (bicyclic) bond motifs is 3. The number of nitriles is 2. The van der Waals surface area contributed by atoms with E-state index >= 15 is 0 Å². The summed E-state index contributed by atoms with van der Waals surface area (Å²) in [6.45, 7) is 0. The van der Waals surface area contributed by atoms with Crippen molar-refractivity contribution >= 4 is 21.7 Å². The van der Waals surface area contributed by atoms with E-state index in [1.165, 1.54) is 6.20 Å². The van der Waals surface area contributed by atoms with Gasteiger partial charge in [-0.2, -0.15) is 10.5 Å². The van der Waals surface area contributed by atoms with Crippen LogP contribution in [-0.2, 0) is 0 Å². The average Bonchev–Trinajstić information content (AvgIpc) is 2.45. The van der Waals surface area contributed by atoms with Crippen molar-refractivity contribution < 1.29 is 0 Å². The molecule has 0 unspecified atom stereocenters. The summed E-state index contributed by atoms with van der Waals surface area (Å²) < 4.78 is 0. The van der Waals surface area contributed by atoms with Crippen LogP contribution in [0.3, 0.4) is 0 Å². The minimum Gasteiger partial charge on any atom is -0.255 e. The highest BCUT2D eigenvalue weighted by molar-refractivity contribution is 6.09. The molecule has 3 rings (SSSR count). The smallest absolute Gasteiger partial charge is 0.102 e. The summed E-state index contributed by atoms with van der Waals surface area (Å²) in [5.74, 6) is 0. The van der Waals surface area contributed by atoms with Gasteiger partial charge in [0.1, 0.15) is 12.1 Å². The van der Waals surface area contributed by atoms with Crippen molar-refractivity contribution in [2.24, 2.45) is 0 Å². The molecule has 1 heterocycles. The number of pyridine rings is 1. The molecule has 0 fully saturated rings. The summed E-state index contributed by atoms with van der Waals surface area (Å²) in [5, 5.41) is 21.1. The van der Waals surface area contributed by atoms with Gasteiger partial charge < -0.3 is 0 Å². The molecule has 3 nitrogen and oxygen atoms in total. The predicted molar refractivity (Wildman–Crippen MR) is 68.7 cm³/mol. The Morgan fingerprint density at radius 3 is 2.56 bits per heavy atom. The zero-order chi connectivity index (χ0) is 12.5. The molecule has 0 saturated carbocycles. The first-order chi connectivity index (χ1) is 8.85. The maximum absolute atomic E-state index is 9.28. The molecule has 0 aliphatic carbocycles. The fraction of sp³-hybridized carbons (Fsp3) is 0. The van der Waals surface area contributed by atoms with Gasteiger partial charge in [-0.05, 0) is 16.8 Å². The topological polar surface area (TPSA) is 60.5 Å². The number of hydrogen-bond donors (Lipinski definition) is 0. The highest BCUT2D eigenvalue weighted by atomic mass is 14.7. The second kappa shape index (κ2) is 3.84. The maximum atomic E-state index is 9.28. The Bertz CT molecular complexity index is 851. The molecular formula is C15H7N3. The molecule has 0 spiro atoms. The molecule has 0 aliphatic rings. The first-order valence-electron chi connectivity index (χ1n) is 5.46. The summed E-state index contributed by atoms with van der Waals surface area (Å²) in [5.41, 5.74) is 1.46. The molecule has 3 heteroatoms. The van der Waals surface area contributed by atoms with Crippen molar-refractivity contribution in [3.63, 3.8) is 0 Å². The van der Waals surface area contributed by atoms with E-state index in [4.69, 9.17) is 5.26 Å². The van der Waals surface area contributed by atoms with E-state index in [0.29, 0.717) is 11.1 Å². The molecule has 0 bridgehead atoms. The van der Waals surface area contributed by atoms with Crippen LogP contribution in [-0.4, -0.2) is 4.98 Å². The standard InChI is InChI=1S/C15H7N3/c16-7-11-9-18-14-6-5-10-3-1-2-4-12(10)15(14)13(11)8-17/h1-6,9H. The zero-order valence-corrected chi connectivity index (χ0v) is 9.38. The summed E-state index contributed by atoms with van der Waals surface area (Å²) in [6.07, 6.45) is 1.45. The molecule has 0 aliphatic heterocycles. The van der Waals surface area contributed by atoms with E-state index in [0.717, 1.165) is 21.7 Å². The van der Waals surface area contributed by atoms with E-state index in [1.807, 2.05) is 42.5 Å². The Morgan fingerprint density at radius 2 is 1.78 bits per heavy atom. The average molecular weight is 229 g/mol. The van der Waals surface area contributed by atoms with Gasteiger partial charge in [0.05, 0.1) is 16.6 Å². The monoisotopic (exact) mass is 229 g/mol. The Kier molecular flexibility index (Phi) is 2.19. The molecule has 18 heavy (non-hydrogen) atoms. The lowest BCUT2D eigenvalue weighted by molar-refractivity contribution is 1.35. The minimum atomic E-state index is 0.321. The number of aromatic nitrogens is 1. The number of benzene rings is 2. The van der Waals surface area contributed by atoms with Crippen LogP contribution in [0, 0.1) is 22.7 Å². The molecular weight excluding hydrogens is 222 g/mol. The van der Waals surface area contributed by atoms with E-state index in [1.54, 1.807) is 0 Å². The zero-order valence-electron chi connectivity index (χ0n) is 9.38. The maximum Gasteiger partial charge on any atom is 0.102 e. The Labute approximate surface area is 104 Å². The number of nitrogens with zero attached hydrogens (tertiary/aromatic N) is 3. The lowest BCUT2D eigenvalue weighted by Gasteiger charge is -2.05. The van der Waals surface area contributed by atoms with Crippen molar-refractivity contribution in [1.82, 2.24) is 4.98 Å². The van der Waals surface area contributed by atoms with E-state index in [9.17, 15) is 5.26 Å². The first kappa shape index (κ1) is 10.3. The van der Waals surface area contributed by atoms with Gasteiger partial charge in [-0.3, -0.25) is 4.98 Å². The van der Waals surface area contributed by atoms with Crippen molar-refractivity contribution in [2.45, 2.75) is 0 Å².